The van der Waals surface area contributed by atoms with Gasteiger partial charge in [0, 0.05) is 36.9 Å². The van der Waals surface area contributed by atoms with Crippen LogP contribution in [0.25, 0.3) is 0 Å². The highest BCUT2D eigenvalue weighted by Crippen LogP contribution is 2.21. The number of likely N-dealkylation sites (tertiary alicyclic amines) is 2. The van der Waals surface area contributed by atoms with Crippen LogP contribution in [0.15, 0.2) is 18.3 Å². The highest BCUT2D eigenvalue weighted by atomic mass is 35.5. The van der Waals surface area contributed by atoms with Crippen LogP contribution in [-0.2, 0) is 6.54 Å². The zero-order chi connectivity index (χ0) is 12.4. The average Bonchev–Trinajstić information content (AvgIpc) is 2.98. The smallest absolute Gasteiger partial charge is 0.0558 e. The minimum Gasteiger partial charge on any atom is -0.299 e. The Kier molecular flexibility index (Phi) is 3.83. The van der Waals surface area contributed by atoms with Crippen LogP contribution in [0.4, 0.5) is 0 Å². The van der Waals surface area contributed by atoms with Crippen molar-refractivity contribution < 1.29 is 0 Å². The standard InChI is InChI=1S/C14H20ClN3/c15-12-3-5-16-13(9-12)10-17-8-4-14(11-17)18-6-1-2-7-18/h3,5,9,14H,1-2,4,6-8,10-11H2. The van der Waals surface area contributed by atoms with E-state index in [0.29, 0.717) is 0 Å². The summed E-state index contributed by atoms with van der Waals surface area (Å²) < 4.78 is 0. The molecule has 18 heavy (non-hydrogen) atoms. The van der Waals surface area contributed by atoms with Crippen molar-refractivity contribution >= 4 is 11.6 Å². The molecule has 1 aromatic heterocycles. The van der Waals surface area contributed by atoms with E-state index >= 15 is 0 Å². The Morgan fingerprint density at radius 1 is 1.28 bits per heavy atom. The molecule has 2 saturated heterocycles. The van der Waals surface area contributed by atoms with Gasteiger partial charge in [-0.1, -0.05) is 11.6 Å². The van der Waals surface area contributed by atoms with Gasteiger partial charge in [-0.3, -0.25) is 14.8 Å². The summed E-state index contributed by atoms with van der Waals surface area (Å²) in [4.78, 5) is 9.55. The maximum Gasteiger partial charge on any atom is 0.0558 e. The van der Waals surface area contributed by atoms with Gasteiger partial charge in [0.25, 0.3) is 0 Å². The van der Waals surface area contributed by atoms with Crippen LogP contribution in [-0.4, -0.2) is 47.0 Å². The van der Waals surface area contributed by atoms with Gasteiger partial charge in [-0.25, -0.2) is 0 Å². The molecule has 98 valence electrons. The predicted molar refractivity (Wildman–Crippen MR) is 73.7 cm³/mol. The fourth-order valence-electron chi connectivity index (χ4n) is 3.12. The van der Waals surface area contributed by atoms with E-state index in [9.17, 15) is 0 Å². The summed E-state index contributed by atoms with van der Waals surface area (Å²) in [6, 6.07) is 4.58. The molecule has 3 heterocycles. The third kappa shape index (κ3) is 2.85. The molecule has 0 aliphatic carbocycles. The monoisotopic (exact) mass is 265 g/mol. The molecule has 1 atom stereocenters. The van der Waals surface area contributed by atoms with E-state index in [-0.39, 0.29) is 0 Å². The first-order valence-corrected chi connectivity index (χ1v) is 7.26. The summed E-state index contributed by atoms with van der Waals surface area (Å²) in [5.74, 6) is 0. The van der Waals surface area contributed by atoms with Gasteiger partial charge in [0.2, 0.25) is 0 Å². The molecule has 0 radical (unpaired) electrons. The second kappa shape index (κ2) is 5.55. The zero-order valence-corrected chi connectivity index (χ0v) is 11.4. The van der Waals surface area contributed by atoms with Gasteiger partial charge in [-0.2, -0.15) is 0 Å². The summed E-state index contributed by atoms with van der Waals surface area (Å²) >= 11 is 6.00. The second-order valence-corrected chi connectivity index (χ2v) is 5.82. The lowest BCUT2D eigenvalue weighted by Gasteiger charge is -2.23. The van der Waals surface area contributed by atoms with Gasteiger partial charge < -0.3 is 0 Å². The lowest BCUT2D eigenvalue weighted by atomic mass is 10.2. The first-order chi connectivity index (χ1) is 8.81. The zero-order valence-electron chi connectivity index (χ0n) is 10.7. The molecule has 0 N–H and O–H groups in total. The van der Waals surface area contributed by atoms with Crippen LogP contribution in [0.3, 0.4) is 0 Å². The van der Waals surface area contributed by atoms with Crippen LogP contribution >= 0.6 is 11.6 Å². The number of halogens is 1. The van der Waals surface area contributed by atoms with Gasteiger partial charge in [0.1, 0.15) is 0 Å². The molecule has 1 unspecified atom stereocenters. The molecule has 4 heteroatoms. The Hall–Kier alpha value is -0.640. The van der Waals surface area contributed by atoms with Gasteiger partial charge in [0.15, 0.2) is 0 Å². The molecule has 3 rings (SSSR count). The van der Waals surface area contributed by atoms with Gasteiger partial charge in [-0.15, -0.1) is 0 Å². The number of pyridine rings is 1. The number of hydrogen-bond donors (Lipinski definition) is 0. The fourth-order valence-corrected chi connectivity index (χ4v) is 3.31. The highest BCUT2D eigenvalue weighted by molar-refractivity contribution is 6.30. The van der Waals surface area contributed by atoms with Crippen LogP contribution in [0.1, 0.15) is 25.0 Å². The molecule has 0 amide bonds. The molecular weight excluding hydrogens is 246 g/mol. The van der Waals surface area contributed by atoms with E-state index < -0.39 is 0 Å². The van der Waals surface area contributed by atoms with E-state index in [1.165, 1.54) is 45.4 Å². The Balaban J connectivity index is 1.55. The molecule has 0 aromatic carbocycles. The third-order valence-corrected chi connectivity index (χ3v) is 4.30. The maximum atomic E-state index is 6.00. The molecule has 0 spiro atoms. The van der Waals surface area contributed by atoms with E-state index in [4.69, 9.17) is 11.6 Å². The number of rotatable bonds is 3. The quantitative estimate of drug-likeness (QED) is 0.837. The van der Waals surface area contributed by atoms with E-state index in [1.54, 1.807) is 6.20 Å². The van der Waals surface area contributed by atoms with E-state index in [0.717, 1.165) is 23.3 Å². The average molecular weight is 266 g/mol. The van der Waals surface area contributed by atoms with Crippen LogP contribution < -0.4 is 0 Å². The second-order valence-electron chi connectivity index (χ2n) is 5.39. The van der Waals surface area contributed by atoms with Gasteiger partial charge >= 0.3 is 0 Å². The normalized spacial score (nSPS) is 25.9. The van der Waals surface area contributed by atoms with Crippen molar-refractivity contribution in [2.24, 2.45) is 0 Å². The largest absolute Gasteiger partial charge is 0.299 e. The summed E-state index contributed by atoms with van der Waals surface area (Å²) in [6.45, 7) is 5.91. The number of hydrogen-bond acceptors (Lipinski definition) is 3. The summed E-state index contributed by atoms with van der Waals surface area (Å²) in [5.41, 5.74) is 1.09. The first kappa shape index (κ1) is 12.4. The number of aromatic nitrogens is 1. The van der Waals surface area contributed by atoms with E-state index in [1.807, 2.05) is 12.1 Å². The summed E-state index contributed by atoms with van der Waals surface area (Å²) in [5, 5.41) is 0.787. The highest BCUT2D eigenvalue weighted by Gasteiger charge is 2.29. The predicted octanol–water partition coefficient (Wildman–Crippen LogP) is 2.41. The Labute approximate surface area is 114 Å². The lowest BCUT2D eigenvalue weighted by Crippen LogP contribution is -2.35. The van der Waals surface area contributed by atoms with Crippen molar-refractivity contribution in [3.05, 3.63) is 29.0 Å². The minimum absolute atomic E-state index is 0.770. The molecule has 3 nitrogen and oxygen atoms in total. The number of nitrogens with zero attached hydrogens (tertiary/aromatic N) is 3. The molecule has 2 fully saturated rings. The van der Waals surface area contributed by atoms with E-state index in [2.05, 4.69) is 14.8 Å². The van der Waals surface area contributed by atoms with Gasteiger partial charge in [-0.05, 0) is 44.5 Å². The molecule has 2 aliphatic rings. The minimum atomic E-state index is 0.770. The van der Waals surface area contributed by atoms with Crippen LogP contribution in [0, 0.1) is 0 Å². The molecule has 1 aromatic rings. The molecule has 2 aliphatic heterocycles. The molecular formula is C14H20ClN3. The Bertz CT molecular complexity index is 404. The van der Waals surface area contributed by atoms with Crippen molar-refractivity contribution in [3.63, 3.8) is 0 Å². The topological polar surface area (TPSA) is 19.4 Å². The van der Waals surface area contributed by atoms with Crippen molar-refractivity contribution in [2.45, 2.75) is 31.8 Å². The summed E-state index contributed by atoms with van der Waals surface area (Å²) in [6.07, 6.45) is 5.87. The van der Waals surface area contributed by atoms with Crippen molar-refractivity contribution in [2.75, 3.05) is 26.2 Å². The first-order valence-electron chi connectivity index (χ1n) is 6.88. The van der Waals surface area contributed by atoms with Crippen LogP contribution in [0.5, 0.6) is 0 Å². The molecule has 0 bridgehead atoms. The van der Waals surface area contributed by atoms with Crippen LogP contribution in [0.2, 0.25) is 5.02 Å². The SMILES string of the molecule is Clc1ccnc(CN2CCC(N3CCCC3)C2)c1. The van der Waals surface area contributed by atoms with Crippen molar-refractivity contribution in [1.82, 2.24) is 14.8 Å². The molecule has 0 saturated carbocycles. The van der Waals surface area contributed by atoms with Gasteiger partial charge in [0.05, 0.1) is 5.69 Å². The fraction of sp³-hybridized carbons (Fsp3) is 0.643. The maximum absolute atomic E-state index is 6.00. The Morgan fingerprint density at radius 3 is 2.89 bits per heavy atom. The van der Waals surface area contributed by atoms with Crippen molar-refractivity contribution in [3.8, 4) is 0 Å². The summed E-state index contributed by atoms with van der Waals surface area (Å²) in [7, 11) is 0. The van der Waals surface area contributed by atoms with Crippen molar-refractivity contribution in [1.29, 1.82) is 0 Å². The lowest BCUT2D eigenvalue weighted by molar-refractivity contribution is 0.229. The third-order valence-electron chi connectivity index (χ3n) is 4.07. The Morgan fingerprint density at radius 2 is 2.11 bits per heavy atom.